The van der Waals surface area contributed by atoms with Gasteiger partial charge in [0, 0.05) is 11.0 Å². The fourth-order valence-corrected chi connectivity index (χ4v) is 4.63. The van der Waals surface area contributed by atoms with E-state index in [-0.39, 0.29) is 22.4 Å². The van der Waals surface area contributed by atoms with Crippen molar-refractivity contribution < 1.29 is 9.90 Å². The lowest BCUT2D eigenvalue weighted by atomic mass is 9.70. The minimum absolute atomic E-state index is 0.0243. The molecule has 2 aliphatic rings. The molecule has 1 aromatic heterocycles. The van der Waals surface area contributed by atoms with Gasteiger partial charge in [0.25, 0.3) is 0 Å². The molecule has 1 heterocycles. The van der Waals surface area contributed by atoms with Gasteiger partial charge in [-0.05, 0) is 36.3 Å². The second kappa shape index (κ2) is 4.00. The first kappa shape index (κ1) is 13.6. The summed E-state index contributed by atoms with van der Waals surface area (Å²) < 4.78 is 1.87. The molecule has 1 N–H and O–H groups in total. The number of rotatable bonds is 2. The van der Waals surface area contributed by atoms with E-state index in [0.717, 1.165) is 29.8 Å². The maximum absolute atomic E-state index is 11.7. The highest BCUT2D eigenvalue weighted by atomic mass is 16.4. The number of carbonyl (C=O) groups is 1. The molecule has 0 amide bonds. The monoisotopic (exact) mass is 296 g/mol. The fraction of sp³-hybridized carbons (Fsp3) is 0.444. The predicted molar refractivity (Wildman–Crippen MR) is 83.6 cm³/mol. The zero-order valence-corrected chi connectivity index (χ0v) is 13.1. The first-order valence-corrected chi connectivity index (χ1v) is 7.80. The average molecular weight is 296 g/mol. The summed E-state index contributed by atoms with van der Waals surface area (Å²) in [5.41, 5.74) is 3.30. The second-order valence-electron chi connectivity index (χ2n) is 7.31. The molecule has 4 rings (SSSR count). The Hall–Kier alpha value is -2.10. The minimum atomic E-state index is -0.919. The molecule has 0 aliphatic heterocycles. The van der Waals surface area contributed by atoms with Crippen molar-refractivity contribution in [3.8, 4) is 5.69 Å². The second-order valence-corrected chi connectivity index (χ2v) is 7.31. The van der Waals surface area contributed by atoms with Crippen LogP contribution in [0, 0.1) is 5.41 Å². The van der Waals surface area contributed by atoms with E-state index in [2.05, 4.69) is 25.9 Å². The average Bonchev–Trinajstić information content (AvgIpc) is 3.03. The third kappa shape index (κ3) is 1.38. The topological polar surface area (TPSA) is 55.1 Å². The number of hydrogen-bond donors (Lipinski definition) is 1. The quantitative estimate of drug-likeness (QED) is 0.918. The minimum Gasteiger partial charge on any atom is -0.476 e. The zero-order valence-electron chi connectivity index (χ0n) is 13.1. The van der Waals surface area contributed by atoms with Crippen molar-refractivity contribution in [3.63, 3.8) is 0 Å². The molecule has 1 saturated carbocycles. The van der Waals surface area contributed by atoms with Crippen LogP contribution in [0.4, 0.5) is 0 Å². The SMILES string of the molecule is CC1(C)[C@H]2CC[C@]1(C)c1c2c(C(=O)O)nn1-c1ccccc1. The van der Waals surface area contributed by atoms with E-state index in [1.807, 2.05) is 35.0 Å². The third-order valence-electron chi connectivity index (χ3n) is 6.22. The molecule has 4 nitrogen and oxygen atoms in total. The van der Waals surface area contributed by atoms with Gasteiger partial charge in [-0.3, -0.25) is 0 Å². The van der Waals surface area contributed by atoms with Gasteiger partial charge < -0.3 is 5.11 Å². The smallest absolute Gasteiger partial charge is 0.356 e. The van der Waals surface area contributed by atoms with Gasteiger partial charge in [0.1, 0.15) is 0 Å². The third-order valence-corrected chi connectivity index (χ3v) is 6.22. The molecule has 22 heavy (non-hydrogen) atoms. The molecule has 0 spiro atoms. The van der Waals surface area contributed by atoms with Crippen LogP contribution in [0.1, 0.15) is 61.3 Å². The number of para-hydroxylation sites is 1. The Balaban J connectivity index is 2.05. The Kier molecular flexibility index (Phi) is 2.47. The van der Waals surface area contributed by atoms with Crippen molar-refractivity contribution in [1.82, 2.24) is 9.78 Å². The van der Waals surface area contributed by atoms with Crippen LogP contribution < -0.4 is 0 Å². The normalized spacial score (nSPS) is 27.9. The summed E-state index contributed by atoms with van der Waals surface area (Å²) in [7, 11) is 0. The van der Waals surface area contributed by atoms with E-state index in [1.165, 1.54) is 0 Å². The van der Waals surface area contributed by atoms with E-state index < -0.39 is 5.97 Å². The van der Waals surface area contributed by atoms with Crippen LogP contribution in [0.2, 0.25) is 0 Å². The lowest BCUT2D eigenvalue weighted by Crippen LogP contribution is -2.33. The van der Waals surface area contributed by atoms with Crippen molar-refractivity contribution in [3.05, 3.63) is 47.3 Å². The highest BCUT2D eigenvalue weighted by Gasteiger charge is 2.63. The van der Waals surface area contributed by atoms with Gasteiger partial charge in [-0.1, -0.05) is 39.0 Å². The van der Waals surface area contributed by atoms with Gasteiger partial charge in [0.05, 0.1) is 11.4 Å². The van der Waals surface area contributed by atoms with Crippen LogP contribution in [0.3, 0.4) is 0 Å². The van der Waals surface area contributed by atoms with Gasteiger partial charge in [-0.15, -0.1) is 0 Å². The van der Waals surface area contributed by atoms with Crippen LogP contribution in [-0.4, -0.2) is 20.9 Å². The summed E-state index contributed by atoms with van der Waals surface area (Å²) >= 11 is 0. The Morgan fingerprint density at radius 1 is 1.27 bits per heavy atom. The molecule has 0 saturated heterocycles. The lowest BCUT2D eigenvalue weighted by molar-refractivity contribution is 0.0687. The highest BCUT2D eigenvalue weighted by molar-refractivity contribution is 5.88. The molecular formula is C18H20N2O2. The number of hydrogen-bond acceptors (Lipinski definition) is 2. The Morgan fingerprint density at radius 2 is 1.95 bits per heavy atom. The molecule has 2 atom stereocenters. The van der Waals surface area contributed by atoms with Crippen molar-refractivity contribution in [2.45, 2.75) is 44.9 Å². The van der Waals surface area contributed by atoms with Crippen LogP contribution in [0.25, 0.3) is 5.69 Å². The number of carboxylic acids is 1. The van der Waals surface area contributed by atoms with Crippen molar-refractivity contribution in [2.75, 3.05) is 0 Å². The Labute approximate surface area is 129 Å². The van der Waals surface area contributed by atoms with Crippen LogP contribution in [-0.2, 0) is 5.41 Å². The molecule has 2 bridgehead atoms. The first-order chi connectivity index (χ1) is 10.4. The van der Waals surface area contributed by atoms with Gasteiger partial charge in [0.15, 0.2) is 5.69 Å². The Bertz CT molecular complexity index is 776. The molecule has 1 fully saturated rings. The molecular weight excluding hydrogens is 276 g/mol. The number of carboxylic acid groups (broad SMARTS) is 1. The summed E-state index contributed by atoms with van der Waals surface area (Å²) in [6.45, 7) is 6.81. The molecule has 0 radical (unpaired) electrons. The number of benzene rings is 1. The number of fused-ring (bicyclic) bond motifs is 5. The summed E-state index contributed by atoms with van der Waals surface area (Å²) in [4.78, 5) is 11.7. The highest BCUT2D eigenvalue weighted by Crippen LogP contribution is 2.68. The van der Waals surface area contributed by atoms with E-state index in [4.69, 9.17) is 0 Å². The predicted octanol–water partition coefficient (Wildman–Crippen LogP) is 3.75. The molecule has 1 aromatic carbocycles. The van der Waals surface area contributed by atoms with Gasteiger partial charge >= 0.3 is 5.97 Å². The van der Waals surface area contributed by atoms with Crippen molar-refractivity contribution in [2.24, 2.45) is 5.41 Å². The number of aromatic nitrogens is 2. The van der Waals surface area contributed by atoms with Crippen molar-refractivity contribution >= 4 is 5.97 Å². The summed E-state index contributed by atoms with van der Waals surface area (Å²) in [6, 6.07) is 9.86. The largest absolute Gasteiger partial charge is 0.476 e. The van der Waals surface area contributed by atoms with Crippen LogP contribution in [0.5, 0.6) is 0 Å². The standard InChI is InChI=1S/C18H20N2O2/c1-17(2)12-9-10-18(17,3)15-13(12)14(16(21)22)19-20(15)11-7-5-4-6-8-11/h4-8,12H,9-10H2,1-3H3,(H,21,22)/t12-,18+/m0/s1. The van der Waals surface area contributed by atoms with Gasteiger partial charge in [-0.25, -0.2) is 9.48 Å². The Morgan fingerprint density at radius 3 is 2.59 bits per heavy atom. The molecule has 114 valence electrons. The van der Waals surface area contributed by atoms with Crippen LogP contribution in [0.15, 0.2) is 30.3 Å². The number of aromatic carboxylic acids is 1. The summed E-state index contributed by atoms with van der Waals surface area (Å²) in [5, 5.41) is 14.1. The maximum Gasteiger partial charge on any atom is 0.356 e. The maximum atomic E-state index is 11.7. The molecule has 4 heteroatoms. The van der Waals surface area contributed by atoms with Gasteiger partial charge in [0.2, 0.25) is 0 Å². The van der Waals surface area contributed by atoms with E-state index in [9.17, 15) is 9.90 Å². The van der Waals surface area contributed by atoms with Gasteiger partial charge in [-0.2, -0.15) is 5.10 Å². The summed E-state index contributed by atoms with van der Waals surface area (Å²) in [5.74, 6) is -0.631. The lowest BCUT2D eigenvalue weighted by Gasteiger charge is -2.35. The van der Waals surface area contributed by atoms with Crippen molar-refractivity contribution in [1.29, 1.82) is 0 Å². The number of nitrogens with zero attached hydrogens (tertiary/aromatic N) is 2. The van der Waals surface area contributed by atoms with E-state index in [0.29, 0.717) is 0 Å². The molecule has 2 aliphatic carbocycles. The van der Waals surface area contributed by atoms with E-state index >= 15 is 0 Å². The van der Waals surface area contributed by atoms with Crippen LogP contribution >= 0.6 is 0 Å². The molecule has 0 unspecified atom stereocenters. The van der Waals surface area contributed by atoms with E-state index in [1.54, 1.807) is 0 Å². The zero-order chi connectivity index (χ0) is 15.7. The molecule has 2 aromatic rings. The fourth-order valence-electron chi connectivity index (χ4n) is 4.63. The first-order valence-electron chi connectivity index (χ1n) is 7.80. The summed E-state index contributed by atoms with van der Waals surface area (Å²) in [6.07, 6.45) is 2.15.